The van der Waals surface area contributed by atoms with Crippen molar-refractivity contribution in [2.24, 2.45) is 44.8 Å². The van der Waals surface area contributed by atoms with Crippen LogP contribution in [0.25, 0.3) is 0 Å². The first-order valence-electron chi connectivity index (χ1n) is 15.2. The number of aliphatic hydroxyl groups is 2. The maximum atomic E-state index is 11.8. The van der Waals surface area contributed by atoms with E-state index in [0.717, 1.165) is 38.5 Å². The van der Waals surface area contributed by atoms with Crippen molar-refractivity contribution >= 4 is 0 Å². The van der Waals surface area contributed by atoms with E-state index in [1.807, 2.05) is 7.11 Å². The van der Waals surface area contributed by atoms with E-state index in [4.69, 9.17) is 14.2 Å². The Morgan fingerprint density at radius 1 is 0.838 bits per heavy atom. The minimum Gasteiger partial charge on any atom is -0.393 e. The summed E-state index contributed by atoms with van der Waals surface area (Å²) in [6.45, 7) is 16.2. The predicted molar refractivity (Wildman–Crippen MR) is 144 cm³/mol. The molecule has 0 amide bonds. The Kier molecular flexibility index (Phi) is 5.65. The third-order valence-electron chi connectivity index (χ3n) is 14.6. The van der Waals surface area contributed by atoms with Crippen molar-refractivity contribution in [3.8, 4) is 0 Å². The van der Waals surface area contributed by atoms with Gasteiger partial charge in [0.2, 0.25) is 0 Å². The van der Waals surface area contributed by atoms with Gasteiger partial charge in [0.25, 0.3) is 0 Å². The van der Waals surface area contributed by atoms with Crippen LogP contribution < -0.4 is 0 Å². The van der Waals surface area contributed by atoms with Crippen LogP contribution in [0.5, 0.6) is 0 Å². The average molecular weight is 519 g/mol. The summed E-state index contributed by atoms with van der Waals surface area (Å²) >= 11 is 0. The summed E-state index contributed by atoms with van der Waals surface area (Å²) in [5.74, 6) is 1.02. The van der Waals surface area contributed by atoms with Gasteiger partial charge in [-0.15, -0.1) is 0 Å². The second kappa shape index (κ2) is 7.75. The first kappa shape index (κ1) is 27.0. The Labute approximate surface area is 225 Å². The lowest BCUT2D eigenvalue weighted by molar-refractivity contribution is -0.215. The fraction of sp³-hybridized carbons (Fsp3) is 1.00. The van der Waals surface area contributed by atoms with E-state index in [0.29, 0.717) is 17.3 Å². The van der Waals surface area contributed by atoms with Gasteiger partial charge in [0.05, 0.1) is 35.6 Å². The molecule has 5 saturated carbocycles. The quantitative estimate of drug-likeness (QED) is 0.496. The zero-order chi connectivity index (χ0) is 27.0. The Bertz CT molecular complexity index is 947. The molecule has 0 aromatic heterocycles. The molecule has 12 atom stereocenters. The van der Waals surface area contributed by atoms with Crippen LogP contribution in [-0.2, 0) is 14.2 Å². The molecule has 6 rings (SSSR count). The molecule has 0 bridgehead atoms. The second-order valence-corrected chi connectivity index (χ2v) is 16.3. The van der Waals surface area contributed by atoms with E-state index >= 15 is 0 Å². The lowest BCUT2D eigenvalue weighted by atomic mass is 9.41. The predicted octanol–water partition coefficient (Wildman–Crippen LogP) is 5.74. The fourth-order valence-electron chi connectivity index (χ4n) is 12.4. The molecule has 0 radical (unpaired) electrons. The van der Waals surface area contributed by atoms with Crippen molar-refractivity contribution in [1.29, 1.82) is 0 Å². The number of rotatable bonds is 4. The lowest BCUT2D eigenvalue weighted by Gasteiger charge is -2.64. The van der Waals surface area contributed by atoms with E-state index in [2.05, 4.69) is 48.5 Å². The summed E-state index contributed by atoms with van der Waals surface area (Å²) in [6, 6.07) is 0. The summed E-state index contributed by atoms with van der Waals surface area (Å²) in [7, 11) is 3.70. The highest BCUT2D eigenvalue weighted by Gasteiger charge is 2.84. The number of aliphatic hydroxyl groups excluding tert-OH is 2. The molecule has 5 aliphatic carbocycles. The minimum absolute atomic E-state index is 0.0878. The van der Waals surface area contributed by atoms with E-state index in [-0.39, 0.29) is 63.2 Å². The van der Waals surface area contributed by atoms with Crippen LogP contribution >= 0.6 is 0 Å². The van der Waals surface area contributed by atoms with Gasteiger partial charge in [-0.3, -0.25) is 0 Å². The van der Waals surface area contributed by atoms with E-state index < -0.39 is 0 Å². The van der Waals surface area contributed by atoms with Crippen molar-refractivity contribution < 1.29 is 24.4 Å². The van der Waals surface area contributed by atoms with Gasteiger partial charge in [-0.25, -0.2) is 0 Å². The molecule has 2 spiro atoms. The first-order chi connectivity index (χ1) is 17.1. The van der Waals surface area contributed by atoms with Gasteiger partial charge in [0, 0.05) is 20.1 Å². The van der Waals surface area contributed by atoms with Gasteiger partial charge in [0.15, 0.2) is 0 Å². The number of methoxy groups -OCH3 is 2. The van der Waals surface area contributed by atoms with Crippen molar-refractivity contribution in [3.05, 3.63) is 0 Å². The number of ether oxygens (including phenoxy) is 3. The Morgan fingerprint density at radius 3 is 2.19 bits per heavy atom. The molecule has 6 fully saturated rings. The number of fused-ring (bicyclic) bond motifs is 2. The molecule has 1 heterocycles. The van der Waals surface area contributed by atoms with Crippen LogP contribution in [0, 0.1) is 44.8 Å². The summed E-state index contributed by atoms with van der Waals surface area (Å²) in [6.07, 6.45) is 9.23. The average Bonchev–Trinajstić information content (AvgIpc) is 3.16. The maximum Gasteiger partial charge on any atom is 0.0883 e. The normalized spacial score (nSPS) is 58.3. The molecule has 1 saturated heterocycles. The molecule has 6 aliphatic rings. The summed E-state index contributed by atoms with van der Waals surface area (Å²) in [5, 5.41) is 22.8. The molecule has 37 heavy (non-hydrogen) atoms. The standard InChI is InChI=1S/C32H54O5/c1-26(2)22(34)10-13-32-18-31(32)15-14-28(5)25(30(7)12-11-23(37-30)27(3,4)36-9)20(35-8)17-29(28,6)21(31)16-19(33)24(26)32/h19-25,33-34H,10-18H2,1-9H3/t19-,20-,21-,22-,23-,24-,25-,28+,29-,30+,31?,32+/m0/s1. The van der Waals surface area contributed by atoms with Crippen LogP contribution in [0.2, 0.25) is 0 Å². The van der Waals surface area contributed by atoms with Crippen molar-refractivity contribution in [2.45, 2.75) is 142 Å². The van der Waals surface area contributed by atoms with E-state index in [9.17, 15) is 10.2 Å². The third-order valence-corrected chi connectivity index (χ3v) is 14.6. The molecule has 1 aliphatic heterocycles. The van der Waals surface area contributed by atoms with Crippen LogP contribution in [0.1, 0.15) is 106 Å². The largest absolute Gasteiger partial charge is 0.393 e. The SMILES string of the molecule is CO[C@H]1C[C@@]2(C)[C@@H]3C[C@H](O)[C@H]4C(C)(C)[C@@H](O)CC[C@@]45CC35CC[C@]2(C)[C@H]1[C@@]1(C)CC[C@@H](C(C)(C)OC)O1. The van der Waals surface area contributed by atoms with Crippen molar-refractivity contribution in [2.75, 3.05) is 14.2 Å². The van der Waals surface area contributed by atoms with Crippen LogP contribution in [0.15, 0.2) is 0 Å². The van der Waals surface area contributed by atoms with Gasteiger partial charge >= 0.3 is 0 Å². The van der Waals surface area contributed by atoms with E-state index in [1.54, 1.807) is 7.11 Å². The van der Waals surface area contributed by atoms with Gasteiger partial charge in [-0.05, 0) is 117 Å². The van der Waals surface area contributed by atoms with Gasteiger partial charge < -0.3 is 24.4 Å². The van der Waals surface area contributed by atoms with Crippen molar-refractivity contribution in [1.82, 2.24) is 0 Å². The topological polar surface area (TPSA) is 68.2 Å². The monoisotopic (exact) mass is 518 g/mol. The fourth-order valence-corrected chi connectivity index (χ4v) is 12.4. The molecule has 0 aromatic rings. The minimum atomic E-state index is -0.338. The Balaban J connectivity index is 1.37. The summed E-state index contributed by atoms with van der Waals surface area (Å²) in [5.41, 5.74) is -0.0846. The van der Waals surface area contributed by atoms with Crippen molar-refractivity contribution in [3.63, 3.8) is 0 Å². The van der Waals surface area contributed by atoms with Gasteiger partial charge in [0.1, 0.15) is 0 Å². The highest BCUT2D eigenvalue weighted by atomic mass is 16.6. The Hall–Kier alpha value is -0.200. The molecule has 1 unspecified atom stereocenters. The molecule has 5 heteroatoms. The molecule has 2 N–H and O–H groups in total. The molecular weight excluding hydrogens is 464 g/mol. The highest BCUT2D eigenvalue weighted by Crippen LogP contribution is 2.89. The maximum absolute atomic E-state index is 11.8. The summed E-state index contributed by atoms with van der Waals surface area (Å²) in [4.78, 5) is 0. The highest BCUT2D eigenvalue weighted by molar-refractivity contribution is 5.33. The zero-order valence-corrected chi connectivity index (χ0v) is 25.0. The zero-order valence-electron chi connectivity index (χ0n) is 25.0. The molecule has 5 nitrogen and oxygen atoms in total. The van der Waals surface area contributed by atoms with Gasteiger partial charge in [-0.2, -0.15) is 0 Å². The van der Waals surface area contributed by atoms with Crippen LogP contribution in [0.3, 0.4) is 0 Å². The molecular formula is C32H54O5. The molecule has 212 valence electrons. The van der Waals surface area contributed by atoms with Crippen LogP contribution in [0.4, 0.5) is 0 Å². The number of hydrogen-bond acceptors (Lipinski definition) is 5. The Morgan fingerprint density at radius 2 is 1.54 bits per heavy atom. The second-order valence-electron chi connectivity index (χ2n) is 16.3. The lowest BCUT2D eigenvalue weighted by Crippen LogP contribution is -2.62. The molecule has 0 aromatic carbocycles. The third kappa shape index (κ3) is 3.05. The van der Waals surface area contributed by atoms with Crippen LogP contribution in [-0.4, -0.2) is 60.1 Å². The smallest absolute Gasteiger partial charge is 0.0883 e. The van der Waals surface area contributed by atoms with E-state index in [1.165, 1.54) is 19.3 Å². The van der Waals surface area contributed by atoms with Gasteiger partial charge in [-0.1, -0.05) is 27.7 Å². The number of hydrogen-bond donors (Lipinski definition) is 2. The first-order valence-corrected chi connectivity index (χ1v) is 15.2. The summed E-state index contributed by atoms with van der Waals surface area (Å²) < 4.78 is 19.2.